The lowest BCUT2D eigenvalue weighted by Crippen LogP contribution is -2.43. The van der Waals surface area contributed by atoms with Crippen molar-refractivity contribution in [3.8, 4) is 0 Å². The van der Waals surface area contributed by atoms with Crippen LogP contribution in [0.4, 0.5) is 17.6 Å². The second kappa shape index (κ2) is 5.98. The predicted molar refractivity (Wildman–Crippen MR) is 66.3 cm³/mol. The molecule has 1 aliphatic heterocycles. The molecule has 0 saturated carbocycles. The first-order valence-electron chi connectivity index (χ1n) is 6.24. The second-order valence-electron chi connectivity index (χ2n) is 4.68. The van der Waals surface area contributed by atoms with Crippen LogP contribution in [0.25, 0.3) is 0 Å². The van der Waals surface area contributed by atoms with Gasteiger partial charge in [-0.2, -0.15) is 13.2 Å². The zero-order chi connectivity index (χ0) is 15.6. The van der Waals surface area contributed by atoms with E-state index in [-0.39, 0.29) is 6.10 Å². The summed E-state index contributed by atoms with van der Waals surface area (Å²) in [6, 6.07) is 2.20. The molecule has 21 heavy (non-hydrogen) atoms. The van der Waals surface area contributed by atoms with Crippen molar-refractivity contribution in [1.82, 2.24) is 10.6 Å². The Morgan fingerprint density at radius 3 is 2.71 bits per heavy atom. The molecule has 0 spiro atoms. The fourth-order valence-electron chi connectivity index (χ4n) is 2.22. The van der Waals surface area contributed by atoms with E-state index >= 15 is 0 Å². The number of ether oxygens (including phenoxy) is 1. The lowest BCUT2D eigenvalue weighted by atomic mass is 10.1. The number of alkyl halides is 3. The van der Waals surface area contributed by atoms with Crippen LogP contribution in [-0.2, 0) is 10.9 Å². The molecule has 116 valence electrons. The van der Waals surface area contributed by atoms with E-state index in [0.29, 0.717) is 19.2 Å². The highest BCUT2D eigenvalue weighted by atomic mass is 19.4. The third-order valence-electron chi connectivity index (χ3n) is 3.33. The molecule has 4 nitrogen and oxygen atoms in total. The molecule has 1 aromatic rings. The standard InChI is InChI=1S/C13H14F4N2O2/c1-21-10-6-18-5-9(10)19-12(20)7-3-2-4-8(11(7)14)13(15,16)17/h2-4,9-10,18H,5-6H2,1H3,(H,19,20)/t9?,10-/m0/s1. The highest BCUT2D eigenvalue weighted by Crippen LogP contribution is 2.32. The van der Waals surface area contributed by atoms with Crippen molar-refractivity contribution in [2.24, 2.45) is 0 Å². The first-order valence-corrected chi connectivity index (χ1v) is 6.24. The number of rotatable bonds is 3. The van der Waals surface area contributed by atoms with Gasteiger partial charge in [-0.05, 0) is 12.1 Å². The quantitative estimate of drug-likeness (QED) is 0.833. The second-order valence-corrected chi connectivity index (χ2v) is 4.68. The van der Waals surface area contributed by atoms with E-state index < -0.39 is 35.1 Å². The summed E-state index contributed by atoms with van der Waals surface area (Å²) in [6.07, 6.45) is -5.15. The van der Waals surface area contributed by atoms with Gasteiger partial charge in [-0.3, -0.25) is 4.79 Å². The maximum atomic E-state index is 13.8. The molecule has 2 N–H and O–H groups in total. The van der Waals surface area contributed by atoms with E-state index in [1.54, 1.807) is 0 Å². The molecule has 0 aromatic heterocycles. The summed E-state index contributed by atoms with van der Waals surface area (Å²) in [5.74, 6) is -2.46. The zero-order valence-corrected chi connectivity index (χ0v) is 11.1. The molecular weight excluding hydrogens is 292 g/mol. The fraction of sp³-hybridized carbons (Fsp3) is 0.462. The average molecular weight is 306 g/mol. The van der Waals surface area contributed by atoms with Gasteiger partial charge in [0.1, 0.15) is 5.82 Å². The average Bonchev–Trinajstić information content (AvgIpc) is 2.84. The van der Waals surface area contributed by atoms with E-state index in [4.69, 9.17) is 4.74 Å². The summed E-state index contributed by atoms with van der Waals surface area (Å²) in [6.45, 7) is 0.914. The number of methoxy groups -OCH3 is 1. The summed E-state index contributed by atoms with van der Waals surface area (Å²) >= 11 is 0. The molecule has 1 saturated heterocycles. The Hall–Kier alpha value is -1.67. The number of amides is 1. The Labute approximate surface area is 118 Å². The third-order valence-corrected chi connectivity index (χ3v) is 3.33. The van der Waals surface area contributed by atoms with E-state index in [9.17, 15) is 22.4 Å². The van der Waals surface area contributed by atoms with Gasteiger partial charge in [0.25, 0.3) is 5.91 Å². The van der Waals surface area contributed by atoms with E-state index in [1.807, 2.05) is 0 Å². The van der Waals surface area contributed by atoms with Crippen LogP contribution in [0.3, 0.4) is 0 Å². The van der Waals surface area contributed by atoms with Crippen LogP contribution < -0.4 is 10.6 Å². The minimum Gasteiger partial charge on any atom is -0.378 e. The van der Waals surface area contributed by atoms with E-state index in [1.165, 1.54) is 7.11 Å². The molecule has 2 rings (SSSR count). The van der Waals surface area contributed by atoms with Crippen LogP contribution >= 0.6 is 0 Å². The molecule has 0 bridgehead atoms. The van der Waals surface area contributed by atoms with Gasteiger partial charge in [0.15, 0.2) is 0 Å². The molecule has 1 aliphatic rings. The summed E-state index contributed by atoms with van der Waals surface area (Å²) in [5.41, 5.74) is -2.09. The number of carbonyl (C=O) groups is 1. The van der Waals surface area contributed by atoms with Gasteiger partial charge in [-0.25, -0.2) is 4.39 Å². The van der Waals surface area contributed by atoms with Crippen molar-refractivity contribution in [3.05, 3.63) is 35.1 Å². The summed E-state index contributed by atoms with van der Waals surface area (Å²) < 4.78 is 56.8. The van der Waals surface area contributed by atoms with Crippen molar-refractivity contribution >= 4 is 5.91 Å². The van der Waals surface area contributed by atoms with Gasteiger partial charge in [-0.15, -0.1) is 0 Å². The summed E-state index contributed by atoms with van der Waals surface area (Å²) in [5, 5.41) is 5.45. The number of nitrogens with one attached hydrogen (secondary N) is 2. The molecule has 0 radical (unpaired) electrons. The topological polar surface area (TPSA) is 50.4 Å². The van der Waals surface area contributed by atoms with Crippen LogP contribution in [0.2, 0.25) is 0 Å². The van der Waals surface area contributed by atoms with Gasteiger partial charge < -0.3 is 15.4 Å². The fourth-order valence-corrected chi connectivity index (χ4v) is 2.22. The van der Waals surface area contributed by atoms with Crippen molar-refractivity contribution in [3.63, 3.8) is 0 Å². The van der Waals surface area contributed by atoms with Crippen LogP contribution in [0, 0.1) is 5.82 Å². The number of halogens is 4. The molecule has 1 heterocycles. The lowest BCUT2D eigenvalue weighted by molar-refractivity contribution is -0.140. The zero-order valence-electron chi connectivity index (χ0n) is 11.1. The van der Waals surface area contributed by atoms with Crippen LogP contribution in [-0.4, -0.2) is 38.3 Å². The Morgan fingerprint density at radius 2 is 2.10 bits per heavy atom. The Bertz CT molecular complexity index is 533. The van der Waals surface area contributed by atoms with Crippen molar-refractivity contribution in [2.75, 3.05) is 20.2 Å². The third kappa shape index (κ3) is 3.33. The lowest BCUT2D eigenvalue weighted by Gasteiger charge is -2.19. The Morgan fingerprint density at radius 1 is 1.38 bits per heavy atom. The smallest absolute Gasteiger partial charge is 0.378 e. The SMILES string of the molecule is CO[C@H]1CNCC1NC(=O)c1cccc(C(F)(F)F)c1F. The maximum Gasteiger partial charge on any atom is 0.419 e. The first kappa shape index (κ1) is 15.7. The monoisotopic (exact) mass is 306 g/mol. The van der Waals surface area contributed by atoms with Gasteiger partial charge in [0, 0.05) is 20.2 Å². The predicted octanol–water partition coefficient (Wildman–Crippen LogP) is 1.56. The van der Waals surface area contributed by atoms with Crippen LogP contribution in [0.5, 0.6) is 0 Å². The highest BCUT2D eigenvalue weighted by molar-refractivity contribution is 5.95. The molecule has 8 heteroatoms. The van der Waals surface area contributed by atoms with E-state index in [2.05, 4.69) is 10.6 Å². The first-order chi connectivity index (χ1) is 9.84. The van der Waals surface area contributed by atoms with Gasteiger partial charge in [0.2, 0.25) is 0 Å². The van der Waals surface area contributed by atoms with Gasteiger partial charge in [-0.1, -0.05) is 6.07 Å². The summed E-state index contributed by atoms with van der Waals surface area (Å²) in [7, 11) is 1.46. The summed E-state index contributed by atoms with van der Waals surface area (Å²) in [4.78, 5) is 12.0. The highest BCUT2D eigenvalue weighted by Gasteiger charge is 2.36. The Balaban J connectivity index is 2.20. The number of carbonyl (C=O) groups excluding carboxylic acids is 1. The number of benzene rings is 1. The van der Waals surface area contributed by atoms with Crippen molar-refractivity contribution in [2.45, 2.75) is 18.3 Å². The van der Waals surface area contributed by atoms with E-state index in [0.717, 1.165) is 12.1 Å². The minimum absolute atomic E-state index is 0.303. The maximum absolute atomic E-state index is 13.8. The van der Waals surface area contributed by atoms with Crippen LogP contribution in [0.1, 0.15) is 15.9 Å². The largest absolute Gasteiger partial charge is 0.419 e. The van der Waals surface area contributed by atoms with Crippen LogP contribution in [0.15, 0.2) is 18.2 Å². The number of hydrogen-bond donors (Lipinski definition) is 2. The van der Waals surface area contributed by atoms with Crippen molar-refractivity contribution < 1.29 is 27.1 Å². The molecule has 0 aliphatic carbocycles. The Kier molecular flexibility index (Phi) is 4.48. The molecule has 1 aromatic carbocycles. The normalized spacial score (nSPS) is 22.3. The van der Waals surface area contributed by atoms with Gasteiger partial charge >= 0.3 is 6.18 Å². The molecule has 1 unspecified atom stereocenters. The molecular formula is C13H14F4N2O2. The van der Waals surface area contributed by atoms with Crippen molar-refractivity contribution in [1.29, 1.82) is 0 Å². The molecule has 2 atom stereocenters. The number of hydrogen-bond acceptors (Lipinski definition) is 3. The molecule has 1 fully saturated rings. The van der Waals surface area contributed by atoms with Gasteiger partial charge in [0.05, 0.1) is 23.3 Å². The molecule has 1 amide bonds. The minimum atomic E-state index is -4.84.